The number of phenolic OH excluding ortho intramolecular Hbond substituents is 1. The number of rotatable bonds is 7. The molecule has 1 aromatic carbocycles. The number of aromatic hydroxyl groups is 1. The summed E-state index contributed by atoms with van der Waals surface area (Å²) < 4.78 is 0. The Morgan fingerprint density at radius 1 is 1.29 bits per heavy atom. The van der Waals surface area contributed by atoms with E-state index in [1.54, 1.807) is 6.07 Å². The largest absolute Gasteiger partial charge is 0.508 e. The standard InChI is InChI=1S/C22H32N4OS/c1-3-23-22(24-12-11-17-7-4-9-19(27)15-17)25-16-18-8-5-13-26(2)21(18)20-10-6-14-28-20/h4,6-7,9-10,14-15,18,21,27H,3,5,8,11-13,16H2,1-2H3,(H2,23,24,25). The highest BCUT2D eigenvalue weighted by Crippen LogP contribution is 2.37. The summed E-state index contributed by atoms with van der Waals surface area (Å²) in [5.74, 6) is 1.74. The van der Waals surface area contributed by atoms with Gasteiger partial charge in [-0.05, 0) is 74.8 Å². The molecule has 0 amide bonds. The number of aliphatic imine (C=N–C) groups is 1. The third kappa shape index (κ3) is 5.72. The summed E-state index contributed by atoms with van der Waals surface area (Å²) in [6.07, 6.45) is 3.31. The topological polar surface area (TPSA) is 59.9 Å². The van der Waals surface area contributed by atoms with Gasteiger partial charge in [0.15, 0.2) is 5.96 Å². The van der Waals surface area contributed by atoms with Crippen LogP contribution in [0.4, 0.5) is 0 Å². The first kappa shape index (κ1) is 20.7. The van der Waals surface area contributed by atoms with Gasteiger partial charge in [-0.1, -0.05) is 18.2 Å². The van der Waals surface area contributed by atoms with Crippen LogP contribution in [0, 0.1) is 5.92 Å². The minimum absolute atomic E-state index is 0.319. The number of guanidine groups is 1. The van der Waals surface area contributed by atoms with Crippen molar-refractivity contribution in [2.24, 2.45) is 10.9 Å². The summed E-state index contributed by atoms with van der Waals surface area (Å²) in [4.78, 5) is 8.84. The van der Waals surface area contributed by atoms with Gasteiger partial charge in [-0.3, -0.25) is 9.89 Å². The number of hydrogen-bond acceptors (Lipinski definition) is 4. The Bertz CT molecular complexity index is 747. The fourth-order valence-corrected chi connectivity index (χ4v) is 4.93. The number of nitrogens with one attached hydrogen (secondary N) is 2. The molecule has 1 fully saturated rings. The lowest BCUT2D eigenvalue weighted by atomic mass is 9.88. The van der Waals surface area contributed by atoms with E-state index in [0.717, 1.165) is 44.1 Å². The summed E-state index contributed by atoms with van der Waals surface area (Å²) in [5, 5.41) is 18.6. The van der Waals surface area contributed by atoms with Crippen LogP contribution in [0.1, 0.15) is 36.2 Å². The molecule has 1 aliphatic heterocycles. The predicted octanol–water partition coefficient (Wildman–Crippen LogP) is 3.63. The lowest BCUT2D eigenvalue weighted by molar-refractivity contribution is 0.128. The van der Waals surface area contributed by atoms with Gasteiger partial charge in [0.1, 0.15) is 5.75 Å². The van der Waals surface area contributed by atoms with E-state index < -0.39 is 0 Å². The zero-order valence-electron chi connectivity index (χ0n) is 16.9. The second kappa shape index (κ2) is 10.5. The van der Waals surface area contributed by atoms with Gasteiger partial charge in [0.25, 0.3) is 0 Å². The maximum Gasteiger partial charge on any atom is 0.191 e. The number of piperidine rings is 1. The number of benzene rings is 1. The van der Waals surface area contributed by atoms with Crippen molar-refractivity contribution in [2.75, 3.05) is 33.2 Å². The Morgan fingerprint density at radius 2 is 2.18 bits per heavy atom. The Morgan fingerprint density at radius 3 is 2.93 bits per heavy atom. The van der Waals surface area contributed by atoms with Gasteiger partial charge in [-0.2, -0.15) is 0 Å². The van der Waals surface area contributed by atoms with Crippen molar-refractivity contribution in [3.8, 4) is 5.75 Å². The minimum atomic E-state index is 0.319. The smallest absolute Gasteiger partial charge is 0.191 e. The van der Waals surface area contributed by atoms with Crippen molar-refractivity contribution in [2.45, 2.75) is 32.2 Å². The van der Waals surface area contributed by atoms with Gasteiger partial charge in [0.2, 0.25) is 0 Å². The average molecular weight is 401 g/mol. The van der Waals surface area contributed by atoms with E-state index in [1.807, 2.05) is 29.5 Å². The molecular weight excluding hydrogens is 368 g/mol. The average Bonchev–Trinajstić information content (AvgIpc) is 3.20. The maximum atomic E-state index is 9.60. The molecule has 2 unspecified atom stereocenters. The molecule has 3 N–H and O–H groups in total. The van der Waals surface area contributed by atoms with Crippen LogP contribution in [0.5, 0.6) is 5.75 Å². The van der Waals surface area contributed by atoms with Crippen LogP contribution in [0.25, 0.3) is 0 Å². The molecule has 0 aliphatic carbocycles. The molecule has 1 aliphatic rings. The highest BCUT2D eigenvalue weighted by atomic mass is 32.1. The van der Waals surface area contributed by atoms with E-state index in [-0.39, 0.29) is 0 Å². The maximum absolute atomic E-state index is 9.60. The minimum Gasteiger partial charge on any atom is -0.508 e. The van der Waals surface area contributed by atoms with Crippen molar-refractivity contribution in [1.82, 2.24) is 15.5 Å². The highest BCUT2D eigenvalue weighted by molar-refractivity contribution is 7.10. The molecule has 1 saturated heterocycles. The Hall–Kier alpha value is -2.05. The molecule has 0 bridgehead atoms. The van der Waals surface area contributed by atoms with Crippen molar-refractivity contribution >= 4 is 17.3 Å². The van der Waals surface area contributed by atoms with Crippen LogP contribution < -0.4 is 10.6 Å². The van der Waals surface area contributed by atoms with Gasteiger partial charge in [-0.25, -0.2) is 0 Å². The van der Waals surface area contributed by atoms with E-state index in [4.69, 9.17) is 4.99 Å². The van der Waals surface area contributed by atoms with E-state index in [0.29, 0.717) is 17.7 Å². The number of phenols is 1. The van der Waals surface area contributed by atoms with Gasteiger partial charge < -0.3 is 15.7 Å². The molecule has 6 heteroatoms. The molecular formula is C22H32N4OS. The van der Waals surface area contributed by atoms with E-state index in [1.165, 1.54) is 17.7 Å². The molecule has 3 rings (SSSR count). The number of thiophene rings is 1. The zero-order valence-corrected chi connectivity index (χ0v) is 17.7. The third-order valence-electron chi connectivity index (χ3n) is 5.29. The second-order valence-electron chi connectivity index (χ2n) is 7.41. The first-order valence-corrected chi connectivity index (χ1v) is 11.1. The summed E-state index contributed by atoms with van der Waals surface area (Å²) in [6.45, 7) is 5.71. The van der Waals surface area contributed by atoms with Crippen LogP contribution in [-0.4, -0.2) is 49.2 Å². The van der Waals surface area contributed by atoms with Gasteiger partial charge in [0, 0.05) is 30.6 Å². The van der Waals surface area contributed by atoms with Crippen LogP contribution >= 0.6 is 11.3 Å². The Balaban J connectivity index is 1.59. The van der Waals surface area contributed by atoms with Gasteiger partial charge in [-0.15, -0.1) is 11.3 Å². The van der Waals surface area contributed by atoms with Crippen molar-refractivity contribution in [1.29, 1.82) is 0 Å². The molecule has 0 radical (unpaired) electrons. The first-order valence-electron chi connectivity index (χ1n) is 10.2. The predicted molar refractivity (Wildman–Crippen MR) is 118 cm³/mol. The molecule has 2 atom stereocenters. The van der Waals surface area contributed by atoms with E-state index >= 15 is 0 Å². The third-order valence-corrected chi connectivity index (χ3v) is 6.23. The molecule has 28 heavy (non-hydrogen) atoms. The quantitative estimate of drug-likeness (QED) is 0.491. The van der Waals surface area contributed by atoms with E-state index in [9.17, 15) is 5.11 Å². The fourth-order valence-electron chi connectivity index (χ4n) is 3.95. The van der Waals surface area contributed by atoms with E-state index in [2.05, 4.69) is 47.0 Å². The molecule has 5 nitrogen and oxygen atoms in total. The van der Waals surface area contributed by atoms with Crippen molar-refractivity contribution in [3.63, 3.8) is 0 Å². The molecule has 0 spiro atoms. The number of likely N-dealkylation sites (tertiary alicyclic amines) is 1. The lowest BCUT2D eigenvalue weighted by Crippen LogP contribution is -2.40. The Labute approximate surface area is 172 Å². The number of nitrogens with zero attached hydrogens (tertiary/aromatic N) is 2. The highest BCUT2D eigenvalue weighted by Gasteiger charge is 2.31. The Kier molecular flexibility index (Phi) is 7.74. The molecule has 152 valence electrons. The zero-order chi connectivity index (χ0) is 19.8. The number of hydrogen-bond donors (Lipinski definition) is 3. The molecule has 2 aromatic rings. The van der Waals surface area contributed by atoms with Crippen molar-refractivity contribution < 1.29 is 5.11 Å². The molecule has 1 aromatic heterocycles. The van der Waals surface area contributed by atoms with Crippen LogP contribution in [0.15, 0.2) is 46.8 Å². The molecule has 0 saturated carbocycles. The lowest BCUT2D eigenvalue weighted by Gasteiger charge is -2.38. The molecule has 2 heterocycles. The van der Waals surface area contributed by atoms with Crippen LogP contribution in [0.3, 0.4) is 0 Å². The van der Waals surface area contributed by atoms with Crippen molar-refractivity contribution in [3.05, 3.63) is 52.2 Å². The van der Waals surface area contributed by atoms with Gasteiger partial charge >= 0.3 is 0 Å². The van der Waals surface area contributed by atoms with Crippen LogP contribution in [-0.2, 0) is 6.42 Å². The van der Waals surface area contributed by atoms with Gasteiger partial charge in [0.05, 0.1) is 0 Å². The first-order chi connectivity index (χ1) is 13.7. The fraction of sp³-hybridized carbons (Fsp3) is 0.500. The summed E-state index contributed by atoms with van der Waals surface area (Å²) >= 11 is 1.85. The SMILES string of the molecule is CCNC(=NCC1CCCN(C)C1c1cccs1)NCCc1cccc(O)c1. The summed E-state index contributed by atoms with van der Waals surface area (Å²) in [6, 6.07) is 12.3. The normalized spacial score (nSPS) is 20.9. The monoisotopic (exact) mass is 400 g/mol. The summed E-state index contributed by atoms with van der Waals surface area (Å²) in [7, 11) is 2.24. The van der Waals surface area contributed by atoms with Crippen LogP contribution in [0.2, 0.25) is 0 Å². The second-order valence-corrected chi connectivity index (χ2v) is 8.39. The summed E-state index contributed by atoms with van der Waals surface area (Å²) in [5.41, 5.74) is 1.12.